The standard InChI is InChI=1S/C28H41N7O/c1-4-7-25(33-26(30-3)20-21(2)23-11-12-23)34-28(29)32-24-13-8-22(9-14-24)10-15-27(36)31-16-19-35-17-5-6-18-35/h4,7-9,13-14,20,23,30H,2,5-6,10-12,15-19H2,1,3H3,(H,31,36)(H3,29,32,33,34)/b7-4+,26-20+. The second-order valence-electron chi connectivity index (χ2n) is 9.35. The number of allylic oxidation sites excluding steroid dienone is 3. The lowest BCUT2D eigenvalue weighted by Crippen LogP contribution is -2.33. The molecule has 5 N–H and O–H groups in total. The van der Waals surface area contributed by atoms with Gasteiger partial charge in [-0.15, -0.1) is 0 Å². The van der Waals surface area contributed by atoms with E-state index in [4.69, 9.17) is 5.41 Å². The van der Waals surface area contributed by atoms with Crippen LogP contribution in [0.4, 0.5) is 5.69 Å². The van der Waals surface area contributed by atoms with Crippen LogP contribution >= 0.6 is 0 Å². The molecule has 194 valence electrons. The zero-order valence-electron chi connectivity index (χ0n) is 21.7. The lowest BCUT2D eigenvalue weighted by molar-refractivity contribution is -0.121. The molecule has 0 atom stereocenters. The summed E-state index contributed by atoms with van der Waals surface area (Å²) < 4.78 is 0. The fourth-order valence-corrected chi connectivity index (χ4v) is 4.08. The first kappa shape index (κ1) is 27.2. The predicted octanol–water partition coefficient (Wildman–Crippen LogP) is 3.77. The number of hydrogen-bond acceptors (Lipinski definition) is 4. The Labute approximate surface area is 215 Å². The van der Waals surface area contributed by atoms with Crippen molar-refractivity contribution in [2.45, 2.75) is 45.4 Å². The number of amides is 1. The van der Waals surface area contributed by atoms with Crippen LogP contribution in [-0.4, -0.2) is 55.8 Å². The molecule has 1 saturated heterocycles. The lowest BCUT2D eigenvalue weighted by Gasteiger charge is -2.14. The van der Waals surface area contributed by atoms with Crippen LogP contribution < -0.4 is 21.3 Å². The molecule has 3 rings (SSSR count). The number of aliphatic imine (C=N–C) groups is 1. The molecule has 2 aliphatic rings. The summed E-state index contributed by atoms with van der Waals surface area (Å²) in [5, 5.41) is 20.7. The number of aryl methyl sites for hydroxylation is 1. The van der Waals surface area contributed by atoms with Crippen molar-refractivity contribution in [1.29, 1.82) is 5.41 Å². The minimum absolute atomic E-state index is 0.0252. The number of hydrogen-bond donors (Lipinski definition) is 5. The maximum Gasteiger partial charge on any atom is 0.221 e. The molecule has 1 aromatic rings. The van der Waals surface area contributed by atoms with Crippen molar-refractivity contribution < 1.29 is 4.79 Å². The van der Waals surface area contributed by atoms with Gasteiger partial charge in [-0.2, -0.15) is 4.99 Å². The van der Waals surface area contributed by atoms with Gasteiger partial charge in [-0.05, 0) is 93.5 Å². The van der Waals surface area contributed by atoms with Gasteiger partial charge in [0.05, 0.1) is 0 Å². The Morgan fingerprint density at radius 2 is 1.94 bits per heavy atom. The van der Waals surface area contributed by atoms with Gasteiger partial charge in [0.2, 0.25) is 11.9 Å². The molecule has 1 heterocycles. The summed E-state index contributed by atoms with van der Waals surface area (Å²) in [6.45, 7) is 10.0. The third-order valence-corrected chi connectivity index (χ3v) is 6.33. The fourth-order valence-electron chi connectivity index (χ4n) is 4.08. The third kappa shape index (κ3) is 9.70. The predicted molar refractivity (Wildman–Crippen MR) is 149 cm³/mol. The first-order chi connectivity index (χ1) is 17.5. The van der Waals surface area contributed by atoms with E-state index in [9.17, 15) is 4.79 Å². The first-order valence-corrected chi connectivity index (χ1v) is 13.0. The summed E-state index contributed by atoms with van der Waals surface area (Å²) in [5.41, 5.74) is 2.95. The number of guanidine groups is 1. The van der Waals surface area contributed by atoms with Crippen molar-refractivity contribution in [3.8, 4) is 0 Å². The van der Waals surface area contributed by atoms with Crippen LogP contribution in [0.5, 0.6) is 0 Å². The molecule has 1 saturated carbocycles. The zero-order valence-corrected chi connectivity index (χ0v) is 21.7. The van der Waals surface area contributed by atoms with E-state index in [1.807, 2.05) is 56.5 Å². The second-order valence-corrected chi connectivity index (χ2v) is 9.35. The average Bonchev–Trinajstić information content (AvgIpc) is 3.59. The molecule has 8 heteroatoms. The largest absolute Gasteiger partial charge is 0.375 e. The molecule has 1 aliphatic heterocycles. The quantitative estimate of drug-likeness (QED) is 0.174. The smallest absolute Gasteiger partial charge is 0.221 e. The van der Waals surface area contributed by atoms with Crippen LogP contribution in [0.25, 0.3) is 0 Å². The molecule has 0 aromatic heterocycles. The Kier molecular flexibility index (Phi) is 10.8. The van der Waals surface area contributed by atoms with Crippen LogP contribution in [0.3, 0.4) is 0 Å². The number of carbonyl (C=O) groups is 1. The zero-order chi connectivity index (χ0) is 25.8. The molecule has 2 fully saturated rings. The molecule has 0 radical (unpaired) electrons. The number of benzene rings is 1. The van der Waals surface area contributed by atoms with E-state index >= 15 is 0 Å². The van der Waals surface area contributed by atoms with E-state index in [0.717, 1.165) is 48.8 Å². The minimum Gasteiger partial charge on any atom is -0.375 e. The Hall–Kier alpha value is -3.39. The normalized spacial score (nSPS) is 16.7. The van der Waals surface area contributed by atoms with Gasteiger partial charge < -0.3 is 26.2 Å². The number of nitrogens with zero attached hydrogens (tertiary/aromatic N) is 2. The highest BCUT2D eigenvalue weighted by Gasteiger charge is 2.23. The molecule has 0 bridgehead atoms. The summed E-state index contributed by atoms with van der Waals surface area (Å²) in [6.07, 6.45) is 11.8. The van der Waals surface area contributed by atoms with Gasteiger partial charge in [0.25, 0.3) is 0 Å². The monoisotopic (exact) mass is 491 g/mol. The Morgan fingerprint density at radius 1 is 1.22 bits per heavy atom. The molecule has 1 amide bonds. The van der Waals surface area contributed by atoms with Crippen molar-refractivity contribution in [3.63, 3.8) is 0 Å². The maximum absolute atomic E-state index is 12.1. The Morgan fingerprint density at radius 3 is 2.58 bits per heavy atom. The summed E-state index contributed by atoms with van der Waals surface area (Å²) in [5.74, 6) is 2.03. The van der Waals surface area contributed by atoms with Crippen molar-refractivity contribution in [1.82, 2.24) is 20.9 Å². The van der Waals surface area contributed by atoms with E-state index in [1.54, 1.807) is 0 Å². The molecular weight excluding hydrogens is 450 g/mol. The number of rotatable bonds is 12. The summed E-state index contributed by atoms with van der Waals surface area (Å²) in [4.78, 5) is 18.9. The molecule has 0 spiro atoms. The number of likely N-dealkylation sites (tertiary alicyclic amines) is 1. The van der Waals surface area contributed by atoms with Crippen LogP contribution in [0.15, 0.2) is 65.5 Å². The van der Waals surface area contributed by atoms with E-state index in [2.05, 4.69) is 37.7 Å². The SMILES string of the molecule is C=C(/C=C(\NC)NC(/C=C/C)=N/C(=N)Nc1ccc(CCC(=O)NCCN2CCCC2)cc1)C1CC1. The number of carbonyl (C=O) groups excluding carboxylic acids is 1. The van der Waals surface area contributed by atoms with Gasteiger partial charge in [0.1, 0.15) is 11.7 Å². The Balaban J connectivity index is 1.45. The van der Waals surface area contributed by atoms with Gasteiger partial charge in [-0.1, -0.05) is 24.8 Å². The van der Waals surface area contributed by atoms with E-state index in [0.29, 0.717) is 24.6 Å². The number of amidine groups is 1. The second kappa shape index (κ2) is 14.2. The van der Waals surface area contributed by atoms with Gasteiger partial charge in [0.15, 0.2) is 0 Å². The highest BCUT2D eigenvalue weighted by molar-refractivity contribution is 6.05. The van der Waals surface area contributed by atoms with Gasteiger partial charge in [0, 0.05) is 32.2 Å². The van der Waals surface area contributed by atoms with E-state index in [-0.39, 0.29) is 11.9 Å². The highest BCUT2D eigenvalue weighted by atomic mass is 16.1. The lowest BCUT2D eigenvalue weighted by atomic mass is 10.1. The molecule has 0 unspecified atom stereocenters. The third-order valence-electron chi connectivity index (χ3n) is 6.33. The van der Waals surface area contributed by atoms with E-state index in [1.165, 1.54) is 25.7 Å². The number of nitrogens with one attached hydrogen (secondary N) is 5. The first-order valence-electron chi connectivity index (χ1n) is 13.0. The van der Waals surface area contributed by atoms with Crippen molar-refractivity contribution >= 4 is 23.4 Å². The molecule has 36 heavy (non-hydrogen) atoms. The molecule has 1 aliphatic carbocycles. The summed E-state index contributed by atoms with van der Waals surface area (Å²) in [6, 6.07) is 7.78. The van der Waals surface area contributed by atoms with Gasteiger partial charge >= 0.3 is 0 Å². The number of anilines is 1. The minimum atomic E-state index is 0.0252. The van der Waals surface area contributed by atoms with Crippen LogP contribution in [0.2, 0.25) is 0 Å². The fraction of sp³-hybridized carbons (Fsp3) is 0.464. The van der Waals surface area contributed by atoms with Crippen LogP contribution in [0.1, 0.15) is 44.6 Å². The Bertz CT molecular complexity index is 984. The van der Waals surface area contributed by atoms with Crippen molar-refractivity contribution in [3.05, 3.63) is 66.0 Å². The molecular formula is C28H41N7O. The maximum atomic E-state index is 12.1. The average molecular weight is 492 g/mol. The topological polar surface area (TPSA) is 105 Å². The van der Waals surface area contributed by atoms with Crippen molar-refractivity contribution in [2.24, 2.45) is 10.9 Å². The highest BCUT2D eigenvalue weighted by Crippen LogP contribution is 2.36. The molecule has 8 nitrogen and oxygen atoms in total. The van der Waals surface area contributed by atoms with Gasteiger partial charge in [-0.25, -0.2) is 0 Å². The van der Waals surface area contributed by atoms with Gasteiger partial charge in [-0.3, -0.25) is 10.2 Å². The molecule has 1 aromatic carbocycles. The van der Waals surface area contributed by atoms with E-state index < -0.39 is 0 Å². The van der Waals surface area contributed by atoms with Crippen molar-refractivity contribution in [2.75, 3.05) is 38.5 Å². The van der Waals surface area contributed by atoms with Crippen LogP contribution in [0, 0.1) is 11.3 Å². The summed E-state index contributed by atoms with van der Waals surface area (Å²) >= 11 is 0. The van der Waals surface area contributed by atoms with Crippen LogP contribution in [-0.2, 0) is 11.2 Å². The summed E-state index contributed by atoms with van der Waals surface area (Å²) in [7, 11) is 1.84.